The van der Waals surface area contributed by atoms with E-state index in [9.17, 15) is 0 Å². The molecule has 0 aliphatic carbocycles. The predicted molar refractivity (Wildman–Crippen MR) is 51.0 cm³/mol. The number of pyridine rings is 1. The maximum absolute atomic E-state index is 8.72. The summed E-state index contributed by atoms with van der Waals surface area (Å²) in [5.41, 5.74) is 1.73. The third-order valence-corrected chi connectivity index (χ3v) is 2.06. The number of imidazole rings is 1. The Bertz CT molecular complexity index is 424. The van der Waals surface area contributed by atoms with Crippen molar-refractivity contribution < 1.29 is 5.11 Å². The minimum Gasteiger partial charge on any atom is -0.396 e. The quantitative estimate of drug-likeness (QED) is 0.791. The minimum atomic E-state index is 0.123. The number of fused-ring (bicyclic) bond motifs is 1. The molecular weight excluding hydrogens is 188 g/mol. The molecule has 2 heterocycles. The predicted octanol–water partition coefficient (Wildman–Crippen LogP) is 1.52. The molecule has 0 atom stereocenters. The van der Waals surface area contributed by atoms with Crippen molar-refractivity contribution in [3.05, 3.63) is 35.2 Å². The van der Waals surface area contributed by atoms with Crippen LogP contribution in [0.2, 0.25) is 5.02 Å². The van der Waals surface area contributed by atoms with Gasteiger partial charge in [0.25, 0.3) is 0 Å². The van der Waals surface area contributed by atoms with E-state index in [1.165, 1.54) is 0 Å². The van der Waals surface area contributed by atoms with Crippen molar-refractivity contribution in [2.24, 2.45) is 0 Å². The average Bonchev–Trinajstić information content (AvgIpc) is 2.46. The lowest BCUT2D eigenvalue weighted by Crippen LogP contribution is -1.89. The number of aliphatic hydroxyl groups is 1. The molecule has 0 fully saturated rings. The van der Waals surface area contributed by atoms with Gasteiger partial charge in [0.1, 0.15) is 5.65 Å². The largest absolute Gasteiger partial charge is 0.396 e. The van der Waals surface area contributed by atoms with E-state index in [1.54, 1.807) is 12.3 Å². The highest BCUT2D eigenvalue weighted by Crippen LogP contribution is 2.11. The molecule has 1 N–H and O–H groups in total. The molecule has 0 radical (unpaired) electrons. The van der Waals surface area contributed by atoms with Gasteiger partial charge in [-0.25, -0.2) is 4.98 Å². The SMILES string of the molecule is OCCc1cn2cc(Cl)ccc2n1. The summed E-state index contributed by atoms with van der Waals surface area (Å²) in [5, 5.41) is 9.41. The number of halogens is 1. The normalized spacial score (nSPS) is 10.9. The van der Waals surface area contributed by atoms with Crippen LogP contribution >= 0.6 is 11.6 Å². The monoisotopic (exact) mass is 196 g/mol. The van der Waals surface area contributed by atoms with Crippen molar-refractivity contribution >= 4 is 17.2 Å². The van der Waals surface area contributed by atoms with E-state index in [0.717, 1.165) is 11.3 Å². The van der Waals surface area contributed by atoms with Crippen molar-refractivity contribution in [3.63, 3.8) is 0 Å². The van der Waals surface area contributed by atoms with E-state index in [0.29, 0.717) is 11.4 Å². The molecule has 0 aromatic carbocycles. The number of hydrogen-bond donors (Lipinski definition) is 1. The van der Waals surface area contributed by atoms with Gasteiger partial charge in [-0.2, -0.15) is 0 Å². The van der Waals surface area contributed by atoms with Crippen molar-refractivity contribution in [2.75, 3.05) is 6.61 Å². The number of hydrogen-bond acceptors (Lipinski definition) is 2. The van der Waals surface area contributed by atoms with Crippen LogP contribution < -0.4 is 0 Å². The topological polar surface area (TPSA) is 37.5 Å². The lowest BCUT2D eigenvalue weighted by Gasteiger charge is -1.91. The van der Waals surface area contributed by atoms with Crippen LogP contribution in [0.5, 0.6) is 0 Å². The molecule has 0 aliphatic heterocycles. The van der Waals surface area contributed by atoms with E-state index in [1.807, 2.05) is 16.7 Å². The van der Waals surface area contributed by atoms with Crippen molar-refractivity contribution in [3.8, 4) is 0 Å². The first-order valence-electron chi connectivity index (χ1n) is 4.03. The van der Waals surface area contributed by atoms with Crippen LogP contribution in [-0.2, 0) is 6.42 Å². The van der Waals surface area contributed by atoms with Gasteiger partial charge in [-0.3, -0.25) is 0 Å². The number of nitrogens with zero attached hydrogens (tertiary/aromatic N) is 2. The van der Waals surface area contributed by atoms with Gasteiger partial charge in [-0.1, -0.05) is 11.6 Å². The molecule has 13 heavy (non-hydrogen) atoms. The van der Waals surface area contributed by atoms with Gasteiger partial charge in [-0.05, 0) is 12.1 Å². The Kier molecular flexibility index (Phi) is 2.20. The number of aromatic nitrogens is 2. The molecule has 0 saturated heterocycles. The Morgan fingerprint density at radius 1 is 1.38 bits per heavy atom. The highest BCUT2D eigenvalue weighted by molar-refractivity contribution is 6.30. The summed E-state index contributed by atoms with van der Waals surface area (Å²) < 4.78 is 1.85. The van der Waals surface area contributed by atoms with Gasteiger partial charge in [-0.15, -0.1) is 0 Å². The fourth-order valence-electron chi connectivity index (χ4n) is 1.25. The summed E-state index contributed by atoms with van der Waals surface area (Å²) in [6, 6.07) is 3.65. The average molecular weight is 197 g/mol. The van der Waals surface area contributed by atoms with E-state index in [2.05, 4.69) is 4.98 Å². The number of rotatable bonds is 2. The Morgan fingerprint density at radius 3 is 3.00 bits per heavy atom. The molecule has 2 aromatic heterocycles. The Hall–Kier alpha value is -1.06. The van der Waals surface area contributed by atoms with Crippen LogP contribution in [0.4, 0.5) is 0 Å². The van der Waals surface area contributed by atoms with E-state index < -0.39 is 0 Å². The Labute approximate surface area is 80.6 Å². The van der Waals surface area contributed by atoms with Crippen LogP contribution in [0.25, 0.3) is 5.65 Å². The lowest BCUT2D eigenvalue weighted by atomic mass is 10.4. The summed E-state index contributed by atoms with van der Waals surface area (Å²) in [4.78, 5) is 4.29. The molecular formula is C9H9ClN2O. The van der Waals surface area contributed by atoms with Gasteiger partial charge in [0.2, 0.25) is 0 Å². The minimum absolute atomic E-state index is 0.123. The van der Waals surface area contributed by atoms with Crippen molar-refractivity contribution in [1.82, 2.24) is 9.38 Å². The van der Waals surface area contributed by atoms with Gasteiger partial charge in [0.15, 0.2) is 0 Å². The van der Waals surface area contributed by atoms with Gasteiger partial charge in [0.05, 0.1) is 10.7 Å². The summed E-state index contributed by atoms with van der Waals surface area (Å²) in [7, 11) is 0. The second-order valence-electron chi connectivity index (χ2n) is 2.82. The maximum Gasteiger partial charge on any atom is 0.137 e. The van der Waals surface area contributed by atoms with Crippen LogP contribution in [0.3, 0.4) is 0 Å². The fraction of sp³-hybridized carbons (Fsp3) is 0.222. The van der Waals surface area contributed by atoms with Crippen LogP contribution in [0.15, 0.2) is 24.5 Å². The van der Waals surface area contributed by atoms with Gasteiger partial charge in [0, 0.05) is 25.4 Å². The molecule has 0 unspecified atom stereocenters. The molecule has 0 saturated carbocycles. The van der Waals surface area contributed by atoms with Crippen molar-refractivity contribution in [1.29, 1.82) is 0 Å². The maximum atomic E-state index is 8.72. The highest BCUT2D eigenvalue weighted by atomic mass is 35.5. The first-order valence-corrected chi connectivity index (χ1v) is 4.41. The standard InChI is InChI=1S/C9H9ClN2O/c10-7-1-2-9-11-8(3-4-13)6-12(9)5-7/h1-2,5-6,13H,3-4H2. The molecule has 2 rings (SSSR count). The lowest BCUT2D eigenvalue weighted by molar-refractivity contribution is 0.298. The molecule has 4 heteroatoms. The van der Waals surface area contributed by atoms with E-state index in [4.69, 9.17) is 16.7 Å². The van der Waals surface area contributed by atoms with E-state index >= 15 is 0 Å². The third kappa shape index (κ3) is 1.66. The second-order valence-corrected chi connectivity index (χ2v) is 3.26. The molecule has 0 spiro atoms. The second kappa shape index (κ2) is 3.36. The van der Waals surface area contributed by atoms with Gasteiger partial charge < -0.3 is 9.51 Å². The Morgan fingerprint density at radius 2 is 2.23 bits per heavy atom. The summed E-state index contributed by atoms with van der Waals surface area (Å²) in [6.07, 6.45) is 4.25. The zero-order valence-electron chi connectivity index (χ0n) is 6.94. The Balaban J connectivity index is 2.49. The van der Waals surface area contributed by atoms with Crippen LogP contribution in [0.1, 0.15) is 5.69 Å². The van der Waals surface area contributed by atoms with Crippen LogP contribution in [0, 0.1) is 0 Å². The van der Waals surface area contributed by atoms with E-state index in [-0.39, 0.29) is 6.61 Å². The van der Waals surface area contributed by atoms with Crippen molar-refractivity contribution in [2.45, 2.75) is 6.42 Å². The van der Waals surface area contributed by atoms with Gasteiger partial charge >= 0.3 is 0 Å². The summed E-state index contributed by atoms with van der Waals surface area (Å²) in [6.45, 7) is 0.123. The molecule has 2 aromatic rings. The summed E-state index contributed by atoms with van der Waals surface area (Å²) in [5.74, 6) is 0. The first-order chi connectivity index (χ1) is 6.29. The molecule has 68 valence electrons. The molecule has 0 bridgehead atoms. The summed E-state index contributed by atoms with van der Waals surface area (Å²) >= 11 is 5.81. The fourth-order valence-corrected chi connectivity index (χ4v) is 1.42. The zero-order chi connectivity index (χ0) is 9.26. The zero-order valence-corrected chi connectivity index (χ0v) is 7.70. The number of aliphatic hydroxyl groups excluding tert-OH is 1. The molecule has 0 amide bonds. The molecule has 0 aliphatic rings. The highest BCUT2D eigenvalue weighted by Gasteiger charge is 2.00. The third-order valence-electron chi connectivity index (χ3n) is 1.83. The smallest absolute Gasteiger partial charge is 0.137 e. The molecule has 3 nitrogen and oxygen atoms in total. The first kappa shape index (κ1) is 8.53. The van der Waals surface area contributed by atoms with Crippen LogP contribution in [-0.4, -0.2) is 21.1 Å².